The molecular weight excluding hydrogens is 366 g/mol. The average Bonchev–Trinajstić information content (AvgIpc) is 2.69. The van der Waals surface area contributed by atoms with Gasteiger partial charge in [0, 0.05) is 11.8 Å². The second kappa shape index (κ2) is 9.29. The lowest BCUT2D eigenvalue weighted by Gasteiger charge is -2.40. The maximum Gasteiger partial charge on any atom is 0.347 e. The van der Waals surface area contributed by atoms with Gasteiger partial charge < -0.3 is 14.5 Å². The van der Waals surface area contributed by atoms with Gasteiger partial charge >= 0.3 is 5.97 Å². The minimum absolute atomic E-state index is 0.0330. The van der Waals surface area contributed by atoms with E-state index in [0.717, 1.165) is 31.4 Å². The maximum absolute atomic E-state index is 12.8. The number of aromatic nitrogens is 1. The summed E-state index contributed by atoms with van der Waals surface area (Å²) in [4.78, 5) is 28.1. The number of aromatic amines is 1. The standard InChI is InChI=1S/C24H31NO4/c1-4-28-23(27)21-20(29-24(3)15-9-8-10-17(24)2)16-19(25-22(21)26)14-13-18-11-6-5-7-12-18/h5-7,11-12,16-17H,4,8-10,13-15H2,1-3H3,(H,25,26). The van der Waals surface area contributed by atoms with Crippen LogP contribution in [0.3, 0.4) is 0 Å². The minimum atomic E-state index is -0.634. The molecule has 1 N–H and O–H groups in total. The van der Waals surface area contributed by atoms with Crippen molar-refractivity contribution < 1.29 is 14.3 Å². The molecule has 0 saturated heterocycles. The van der Waals surface area contributed by atoms with Crippen molar-refractivity contribution >= 4 is 5.97 Å². The highest BCUT2D eigenvalue weighted by molar-refractivity contribution is 5.92. The fourth-order valence-electron chi connectivity index (χ4n) is 4.00. The molecule has 2 aromatic rings. The molecule has 0 amide bonds. The van der Waals surface area contributed by atoms with Gasteiger partial charge in [-0.2, -0.15) is 0 Å². The smallest absolute Gasteiger partial charge is 0.347 e. The number of carbonyl (C=O) groups excluding carboxylic acids is 1. The molecule has 1 aromatic carbocycles. The van der Waals surface area contributed by atoms with E-state index in [1.165, 1.54) is 12.0 Å². The number of hydrogen-bond donors (Lipinski definition) is 1. The third-order valence-electron chi connectivity index (χ3n) is 6.00. The van der Waals surface area contributed by atoms with Gasteiger partial charge in [-0.15, -0.1) is 0 Å². The van der Waals surface area contributed by atoms with Gasteiger partial charge in [-0.05, 0) is 57.4 Å². The predicted molar refractivity (Wildman–Crippen MR) is 114 cm³/mol. The Kier molecular flexibility index (Phi) is 6.78. The molecule has 1 aliphatic rings. The van der Waals surface area contributed by atoms with Crippen LogP contribution in [0.2, 0.25) is 0 Å². The van der Waals surface area contributed by atoms with Crippen LogP contribution in [0.4, 0.5) is 0 Å². The largest absolute Gasteiger partial charge is 0.486 e. The molecule has 1 fully saturated rings. The number of rotatable bonds is 7. The van der Waals surface area contributed by atoms with Crippen LogP contribution in [0.1, 0.15) is 68.1 Å². The zero-order valence-electron chi connectivity index (χ0n) is 17.6. The first-order chi connectivity index (χ1) is 13.9. The number of benzene rings is 1. The average molecular weight is 398 g/mol. The van der Waals surface area contributed by atoms with Crippen molar-refractivity contribution in [1.82, 2.24) is 4.98 Å². The fraction of sp³-hybridized carbons (Fsp3) is 0.500. The quantitative estimate of drug-likeness (QED) is 0.689. The second-order valence-electron chi connectivity index (χ2n) is 8.13. The Labute approximate surface area is 172 Å². The van der Waals surface area contributed by atoms with Gasteiger partial charge in [0.1, 0.15) is 11.4 Å². The molecule has 1 saturated carbocycles. The summed E-state index contributed by atoms with van der Waals surface area (Å²) >= 11 is 0. The maximum atomic E-state index is 12.8. The molecule has 0 aliphatic heterocycles. The Morgan fingerprint density at radius 2 is 1.97 bits per heavy atom. The van der Waals surface area contributed by atoms with E-state index in [0.29, 0.717) is 18.1 Å². The molecular formula is C24H31NO4. The number of hydrogen-bond acceptors (Lipinski definition) is 4. The van der Waals surface area contributed by atoms with E-state index in [-0.39, 0.29) is 12.2 Å². The second-order valence-corrected chi connectivity index (χ2v) is 8.13. The van der Waals surface area contributed by atoms with Crippen LogP contribution in [0.5, 0.6) is 5.75 Å². The lowest BCUT2D eigenvalue weighted by Crippen LogP contribution is -2.42. The Balaban J connectivity index is 1.92. The molecule has 5 nitrogen and oxygen atoms in total. The Bertz CT molecular complexity index is 889. The van der Waals surface area contributed by atoms with Crippen molar-refractivity contribution in [3.8, 4) is 5.75 Å². The van der Waals surface area contributed by atoms with Crippen molar-refractivity contribution in [2.75, 3.05) is 6.61 Å². The van der Waals surface area contributed by atoms with Gasteiger partial charge in [0.25, 0.3) is 5.56 Å². The summed E-state index contributed by atoms with van der Waals surface area (Å²) in [6.07, 6.45) is 5.70. The lowest BCUT2D eigenvalue weighted by atomic mass is 9.77. The molecule has 2 atom stereocenters. The molecule has 5 heteroatoms. The number of esters is 1. The third-order valence-corrected chi connectivity index (χ3v) is 6.00. The number of ether oxygens (including phenoxy) is 2. The van der Waals surface area contributed by atoms with E-state index >= 15 is 0 Å². The van der Waals surface area contributed by atoms with Gasteiger partial charge in [-0.25, -0.2) is 4.79 Å². The monoisotopic (exact) mass is 397 g/mol. The number of nitrogens with one attached hydrogen (secondary N) is 1. The first kappa shape index (κ1) is 21.2. The van der Waals surface area contributed by atoms with Crippen LogP contribution < -0.4 is 10.3 Å². The molecule has 29 heavy (non-hydrogen) atoms. The van der Waals surface area contributed by atoms with Crippen molar-refractivity contribution in [3.63, 3.8) is 0 Å². The summed E-state index contributed by atoms with van der Waals surface area (Å²) in [5, 5.41) is 0. The number of carbonyl (C=O) groups is 1. The zero-order chi connectivity index (χ0) is 20.9. The van der Waals surface area contributed by atoms with E-state index in [1.54, 1.807) is 6.92 Å². The normalized spacial score (nSPS) is 21.6. The van der Waals surface area contributed by atoms with Gasteiger partial charge in [-0.1, -0.05) is 43.7 Å². The van der Waals surface area contributed by atoms with E-state index in [4.69, 9.17) is 9.47 Å². The fourth-order valence-corrected chi connectivity index (χ4v) is 4.00. The van der Waals surface area contributed by atoms with Crippen LogP contribution in [0, 0.1) is 5.92 Å². The van der Waals surface area contributed by atoms with Crippen molar-refractivity contribution in [3.05, 3.63) is 63.6 Å². The Morgan fingerprint density at radius 3 is 2.66 bits per heavy atom. The van der Waals surface area contributed by atoms with Gasteiger partial charge in [-0.3, -0.25) is 4.79 Å². The van der Waals surface area contributed by atoms with Gasteiger partial charge in [0.15, 0.2) is 5.56 Å². The molecule has 1 aliphatic carbocycles. The highest BCUT2D eigenvalue weighted by Crippen LogP contribution is 2.38. The summed E-state index contributed by atoms with van der Waals surface area (Å²) < 4.78 is 11.5. The first-order valence-corrected chi connectivity index (χ1v) is 10.6. The Hall–Kier alpha value is -2.56. The summed E-state index contributed by atoms with van der Waals surface area (Å²) in [6.45, 7) is 6.19. The molecule has 0 radical (unpaired) electrons. The number of pyridine rings is 1. The molecule has 2 unspecified atom stereocenters. The van der Waals surface area contributed by atoms with Crippen LogP contribution in [0.15, 0.2) is 41.2 Å². The van der Waals surface area contributed by atoms with Crippen LogP contribution in [-0.4, -0.2) is 23.2 Å². The van der Waals surface area contributed by atoms with Crippen molar-refractivity contribution in [2.24, 2.45) is 5.92 Å². The van der Waals surface area contributed by atoms with Crippen LogP contribution in [0.25, 0.3) is 0 Å². The van der Waals surface area contributed by atoms with E-state index in [9.17, 15) is 9.59 Å². The molecule has 0 bridgehead atoms. The van der Waals surface area contributed by atoms with Crippen molar-refractivity contribution in [1.29, 1.82) is 0 Å². The summed E-state index contributed by atoms with van der Waals surface area (Å²) in [5.74, 6) is 0.0512. The molecule has 1 heterocycles. The SMILES string of the molecule is CCOC(=O)c1c(OC2(C)CCCCC2C)cc(CCc2ccccc2)[nH]c1=O. The zero-order valence-corrected chi connectivity index (χ0v) is 17.6. The highest BCUT2D eigenvalue weighted by Gasteiger charge is 2.37. The van der Waals surface area contributed by atoms with Gasteiger partial charge in [0.2, 0.25) is 0 Å². The minimum Gasteiger partial charge on any atom is -0.486 e. The molecule has 3 rings (SSSR count). The van der Waals surface area contributed by atoms with Crippen molar-refractivity contribution in [2.45, 2.75) is 64.9 Å². The summed E-state index contributed by atoms with van der Waals surface area (Å²) in [7, 11) is 0. The van der Waals surface area contributed by atoms with E-state index < -0.39 is 17.1 Å². The Morgan fingerprint density at radius 1 is 1.21 bits per heavy atom. The molecule has 1 aromatic heterocycles. The number of aryl methyl sites for hydroxylation is 2. The summed E-state index contributed by atoms with van der Waals surface area (Å²) in [5.41, 5.74) is 1.07. The lowest BCUT2D eigenvalue weighted by molar-refractivity contribution is -0.00112. The van der Waals surface area contributed by atoms with E-state index in [2.05, 4.69) is 31.0 Å². The molecule has 156 valence electrons. The molecule has 0 spiro atoms. The predicted octanol–water partition coefficient (Wildman–Crippen LogP) is 4.68. The van der Waals surface area contributed by atoms with E-state index in [1.807, 2.05) is 24.3 Å². The van der Waals surface area contributed by atoms with Crippen LogP contribution in [-0.2, 0) is 17.6 Å². The van der Waals surface area contributed by atoms with Crippen LogP contribution >= 0.6 is 0 Å². The highest BCUT2D eigenvalue weighted by atomic mass is 16.5. The topological polar surface area (TPSA) is 68.4 Å². The number of H-pyrrole nitrogens is 1. The first-order valence-electron chi connectivity index (χ1n) is 10.6. The third kappa shape index (κ3) is 5.08. The summed E-state index contributed by atoms with van der Waals surface area (Å²) in [6, 6.07) is 11.9. The van der Waals surface area contributed by atoms with Gasteiger partial charge in [0.05, 0.1) is 6.61 Å².